The van der Waals surface area contributed by atoms with Gasteiger partial charge in [0.05, 0.1) is 38.0 Å². The molecule has 0 saturated carbocycles. The van der Waals surface area contributed by atoms with E-state index in [-0.39, 0.29) is 18.9 Å². The molecule has 0 radical (unpaired) electrons. The molecule has 0 aliphatic heterocycles. The molecule has 2 aromatic carbocycles. The summed E-state index contributed by atoms with van der Waals surface area (Å²) in [7, 11) is 3.01. The van der Waals surface area contributed by atoms with E-state index in [1.807, 2.05) is 24.3 Å². The fraction of sp³-hybridized carbons (Fsp3) is 0.235. The number of carbonyl (C=O) groups excluding carboxylic acids is 1. The van der Waals surface area contributed by atoms with Crippen molar-refractivity contribution in [3.8, 4) is 17.2 Å². The number of ether oxygens (including phenoxy) is 3. The second kappa shape index (κ2) is 8.80. The maximum Gasteiger partial charge on any atom is 0.227 e. The molecule has 0 aliphatic carbocycles. The number of anilines is 1. The van der Waals surface area contributed by atoms with Crippen molar-refractivity contribution in [2.24, 2.45) is 0 Å². The molecule has 0 atom stereocenters. The lowest BCUT2D eigenvalue weighted by Gasteiger charge is -2.13. The molecule has 0 bridgehead atoms. The van der Waals surface area contributed by atoms with Crippen LogP contribution in [0.2, 0.25) is 5.02 Å². The summed E-state index contributed by atoms with van der Waals surface area (Å²) in [6.07, 6.45) is 0.195. The number of carbonyl (C=O) groups is 1. The molecule has 128 valence electrons. The van der Waals surface area contributed by atoms with Gasteiger partial charge < -0.3 is 19.5 Å². The number of nitrogens with one attached hydrogen (secondary N) is 1. The summed E-state index contributed by atoms with van der Waals surface area (Å²) in [6, 6.07) is 10.6. The molecule has 7 heteroatoms. The number of halogens is 2. The van der Waals surface area contributed by atoms with Crippen LogP contribution in [-0.2, 0) is 4.79 Å². The highest BCUT2D eigenvalue weighted by Gasteiger charge is 2.12. The Morgan fingerprint density at radius 1 is 1.17 bits per heavy atom. The van der Waals surface area contributed by atoms with E-state index >= 15 is 0 Å². The van der Waals surface area contributed by atoms with Crippen LogP contribution in [0.25, 0.3) is 0 Å². The van der Waals surface area contributed by atoms with Crippen LogP contribution >= 0.6 is 27.5 Å². The van der Waals surface area contributed by atoms with Crippen LogP contribution < -0.4 is 19.5 Å². The molecule has 0 aliphatic rings. The zero-order chi connectivity index (χ0) is 17.5. The van der Waals surface area contributed by atoms with Gasteiger partial charge >= 0.3 is 0 Å². The van der Waals surface area contributed by atoms with Crippen LogP contribution in [0.3, 0.4) is 0 Å². The molecule has 5 nitrogen and oxygen atoms in total. The number of amides is 1. The zero-order valence-corrected chi connectivity index (χ0v) is 15.6. The second-order valence-corrected chi connectivity index (χ2v) is 6.11. The van der Waals surface area contributed by atoms with E-state index in [4.69, 9.17) is 25.8 Å². The monoisotopic (exact) mass is 413 g/mol. The fourth-order valence-corrected chi connectivity index (χ4v) is 2.60. The Bertz CT molecular complexity index is 724. The molecule has 1 N–H and O–H groups in total. The van der Waals surface area contributed by atoms with Crippen molar-refractivity contribution < 1.29 is 19.0 Å². The molecule has 0 saturated heterocycles. The average Bonchev–Trinajstić information content (AvgIpc) is 2.56. The van der Waals surface area contributed by atoms with Gasteiger partial charge in [-0.05, 0) is 18.2 Å². The number of methoxy groups -OCH3 is 2. The van der Waals surface area contributed by atoms with Crippen LogP contribution in [0, 0.1) is 0 Å². The lowest BCUT2D eigenvalue weighted by Crippen LogP contribution is -2.15. The van der Waals surface area contributed by atoms with Gasteiger partial charge in [-0.15, -0.1) is 0 Å². The molecular weight excluding hydrogens is 398 g/mol. The van der Waals surface area contributed by atoms with Gasteiger partial charge in [-0.25, -0.2) is 0 Å². The number of hydrogen-bond donors (Lipinski definition) is 1. The quantitative estimate of drug-likeness (QED) is 0.723. The summed E-state index contributed by atoms with van der Waals surface area (Å²) in [5.41, 5.74) is 0.492. The van der Waals surface area contributed by atoms with E-state index in [0.29, 0.717) is 28.0 Å². The average molecular weight is 415 g/mol. The number of benzene rings is 2. The summed E-state index contributed by atoms with van der Waals surface area (Å²) in [5.74, 6) is 1.41. The first kappa shape index (κ1) is 18.4. The van der Waals surface area contributed by atoms with Crippen LogP contribution in [0.4, 0.5) is 5.69 Å². The second-order valence-electron chi connectivity index (χ2n) is 4.79. The highest BCUT2D eigenvalue weighted by Crippen LogP contribution is 2.35. The van der Waals surface area contributed by atoms with Crippen molar-refractivity contribution in [1.82, 2.24) is 0 Å². The first-order valence-corrected chi connectivity index (χ1v) is 8.30. The number of rotatable bonds is 7. The van der Waals surface area contributed by atoms with Gasteiger partial charge in [-0.2, -0.15) is 0 Å². The molecule has 0 fully saturated rings. The summed E-state index contributed by atoms with van der Waals surface area (Å²) >= 11 is 9.41. The predicted octanol–water partition coefficient (Wildman–Crippen LogP) is 4.53. The van der Waals surface area contributed by atoms with Gasteiger partial charge in [-0.1, -0.05) is 33.6 Å². The Kier molecular flexibility index (Phi) is 6.75. The van der Waals surface area contributed by atoms with Gasteiger partial charge in [0.1, 0.15) is 17.2 Å². The van der Waals surface area contributed by atoms with Crippen molar-refractivity contribution in [3.63, 3.8) is 0 Å². The van der Waals surface area contributed by atoms with Gasteiger partial charge in [0.15, 0.2) is 0 Å². The van der Waals surface area contributed by atoms with E-state index in [1.165, 1.54) is 14.2 Å². The lowest BCUT2D eigenvalue weighted by atomic mass is 10.2. The SMILES string of the molecule is COc1cc(NC(=O)CCOc2cccc(Br)c2)c(OC)cc1Cl. The van der Waals surface area contributed by atoms with Crippen LogP contribution in [0.15, 0.2) is 40.9 Å². The van der Waals surface area contributed by atoms with Crippen molar-refractivity contribution in [1.29, 1.82) is 0 Å². The largest absolute Gasteiger partial charge is 0.495 e. The first-order chi connectivity index (χ1) is 11.5. The molecule has 1 amide bonds. The summed E-state index contributed by atoms with van der Waals surface area (Å²) in [4.78, 5) is 12.1. The van der Waals surface area contributed by atoms with Gasteiger partial charge in [0, 0.05) is 16.6 Å². The minimum atomic E-state index is -0.201. The zero-order valence-electron chi connectivity index (χ0n) is 13.3. The van der Waals surface area contributed by atoms with Crippen LogP contribution in [0.1, 0.15) is 6.42 Å². The summed E-state index contributed by atoms with van der Waals surface area (Å²) in [6.45, 7) is 0.259. The van der Waals surface area contributed by atoms with Gasteiger partial charge in [-0.3, -0.25) is 4.79 Å². The summed E-state index contributed by atoms with van der Waals surface area (Å²) in [5, 5.41) is 3.18. The van der Waals surface area contributed by atoms with Crippen LogP contribution in [-0.4, -0.2) is 26.7 Å². The molecule has 0 unspecified atom stereocenters. The molecule has 0 spiro atoms. The van der Waals surface area contributed by atoms with Gasteiger partial charge in [0.25, 0.3) is 0 Å². The third-order valence-corrected chi connectivity index (χ3v) is 3.93. The smallest absolute Gasteiger partial charge is 0.227 e. The van der Waals surface area contributed by atoms with E-state index in [2.05, 4.69) is 21.2 Å². The lowest BCUT2D eigenvalue weighted by molar-refractivity contribution is -0.116. The highest BCUT2D eigenvalue weighted by molar-refractivity contribution is 9.10. The highest BCUT2D eigenvalue weighted by atomic mass is 79.9. The van der Waals surface area contributed by atoms with Crippen molar-refractivity contribution in [2.75, 3.05) is 26.1 Å². The Morgan fingerprint density at radius 2 is 1.92 bits per heavy atom. The molecular formula is C17H17BrClNO4. The minimum absolute atomic E-state index is 0.195. The fourth-order valence-electron chi connectivity index (χ4n) is 1.99. The third kappa shape index (κ3) is 5.04. The predicted molar refractivity (Wildman–Crippen MR) is 97.4 cm³/mol. The van der Waals surface area contributed by atoms with Crippen molar-refractivity contribution in [3.05, 3.63) is 45.9 Å². The maximum absolute atomic E-state index is 12.1. The Morgan fingerprint density at radius 3 is 2.58 bits per heavy atom. The third-order valence-electron chi connectivity index (χ3n) is 3.14. The minimum Gasteiger partial charge on any atom is -0.495 e. The summed E-state index contributed by atoms with van der Waals surface area (Å²) < 4.78 is 16.8. The standard InChI is InChI=1S/C17H17BrClNO4/c1-22-15-10-14(16(23-2)9-13(15)19)20-17(21)6-7-24-12-5-3-4-11(18)8-12/h3-5,8-10H,6-7H2,1-2H3,(H,20,21). The molecule has 0 aromatic heterocycles. The van der Waals surface area contributed by atoms with E-state index in [0.717, 1.165) is 4.47 Å². The Balaban J connectivity index is 1.94. The van der Waals surface area contributed by atoms with E-state index in [9.17, 15) is 4.79 Å². The Hall–Kier alpha value is -1.92. The maximum atomic E-state index is 12.1. The molecule has 24 heavy (non-hydrogen) atoms. The van der Waals surface area contributed by atoms with Crippen LogP contribution in [0.5, 0.6) is 17.2 Å². The molecule has 0 heterocycles. The first-order valence-electron chi connectivity index (χ1n) is 7.13. The number of hydrogen-bond acceptors (Lipinski definition) is 4. The van der Waals surface area contributed by atoms with E-state index in [1.54, 1.807) is 12.1 Å². The normalized spacial score (nSPS) is 10.2. The molecule has 2 aromatic rings. The van der Waals surface area contributed by atoms with Crippen molar-refractivity contribution >= 4 is 39.1 Å². The van der Waals surface area contributed by atoms with Gasteiger partial charge in [0.2, 0.25) is 5.91 Å². The van der Waals surface area contributed by atoms with E-state index < -0.39 is 0 Å². The Labute approximate surface area is 154 Å². The van der Waals surface area contributed by atoms with Crippen molar-refractivity contribution in [2.45, 2.75) is 6.42 Å². The topological polar surface area (TPSA) is 56.8 Å². The molecule has 2 rings (SSSR count).